The van der Waals surface area contributed by atoms with E-state index in [-0.39, 0.29) is 17.4 Å². The minimum absolute atomic E-state index is 0.110. The lowest BCUT2D eigenvalue weighted by atomic mass is 9.75. The first-order valence-corrected chi connectivity index (χ1v) is 7.66. The fourth-order valence-corrected chi connectivity index (χ4v) is 3.35. The summed E-state index contributed by atoms with van der Waals surface area (Å²) in [6.07, 6.45) is 9.58. The molecule has 1 saturated carbocycles. The Bertz CT molecular complexity index is 278. The summed E-state index contributed by atoms with van der Waals surface area (Å²) in [4.78, 5) is 12.4. The van der Waals surface area contributed by atoms with Gasteiger partial charge in [0.2, 0.25) is 5.91 Å². The molecule has 0 radical (unpaired) electrons. The normalized spacial score (nSPS) is 29.6. The summed E-state index contributed by atoms with van der Waals surface area (Å²) in [6.45, 7) is 5.39. The van der Waals surface area contributed by atoms with Crippen LogP contribution in [0.2, 0.25) is 0 Å². The zero-order valence-electron chi connectivity index (χ0n) is 11.9. The van der Waals surface area contributed by atoms with E-state index in [0.29, 0.717) is 6.04 Å². The SMILES string of the molecule is CC(NC(=O)C1(C)CCCCC1)C1CCCCN1. The van der Waals surface area contributed by atoms with Crippen LogP contribution >= 0.6 is 0 Å². The summed E-state index contributed by atoms with van der Waals surface area (Å²) in [6, 6.07) is 0.728. The quantitative estimate of drug-likeness (QED) is 0.810. The van der Waals surface area contributed by atoms with Crippen LogP contribution in [0, 0.1) is 5.41 Å². The van der Waals surface area contributed by atoms with Gasteiger partial charge in [0, 0.05) is 17.5 Å². The van der Waals surface area contributed by atoms with Gasteiger partial charge in [-0.25, -0.2) is 0 Å². The zero-order valence-corrected chi connectivity index (χ0v) is 11.9. The predicted molar refractivity (Wildman–Crippen MR) is 74.4 cm³/mol. The van der Waals surface area contributed by atoms with Crippen molar-refractivity contribution in [2.75, 3.05) is 6.54 Å². The van der Waals surface area contributed by atoms with Gasteiger partial charge in [-0.15, -0.1) is 0 Å². The third-order valence-corrected chi connectivity index (χ3v) is 4.82. The number of carbonyl (C=O) groups is 1. The molecule has 0 aromatic rings. The first-order valence-electron chi connectivity index (χ1n) is 7.66. The molecule has 1 aliphatic heterocycles. The minimum Gasteiger partial charge on any atom is -0.352 e. The smallest absolute Gasteiger partial charge is 0.226 e. The maximum atomic E-state index is 12.4. The Hall–Kier alpha value is -0.570. The average molecular weight is 252 g/mol. The number of piperidine rings is 1. The average Bonchev–Trinajstić information content (AvgIpc) is 2.40. The maximum absolute atomic E-state index is 12.4. The molecule has 0 spiro atoms. The molecule has 0 aromatic heterocycles. The molecule has 0 bridgehead atoms. The standard InChI is InChI=1S/C15H28N2O/c1-12(13-8-4-7-11-16-13)17-14(18)15(2)9-5-3-6-10-15/h12-13,16H,3-11H2,1-2H3,(H,17,18). The van der Waals surface area contributed by atoms with E-state index in [2.05, 4.69) is 24.5 Å². The van der Waals surface area contributed by atoms with Crippen molar-refractivity contribution >= 4 is 5.91 Å². The van der Waals surface area contributed by atoms with Crippen molar-refractivity contribution < 1.29 is 4.79 Å². The molecule has 2 fully saturated rings. The number of hydrogen-bond donors (Lipinski definition) is 2. The predicted octanol–water partition coefficient (Wildman–Crippen LogP) is 2.60. The monoisotopic (exact) mass is 252 g/mol. The van der Waals surface area contributed by atoms with Gasteiger partial charge in [-0.2, -0.15) is 0 Å². The van der Waals surface area contributed by atoms with Crippen molar-refractivity contribution in [3.8, 4) is 0 Å². The molecule has 18 heavy (non-hydrogen) atoms. The Morgan fingerprint density at radius 3 is 2.56 bits per heavy atom. The van der Waals surface area contributed by atoms with E-state index in [4.69, 9.17) is 0 Å². The first-order chi connectivity index (χ1) is 8.62. The van der Waals surface area contributed by atoms with Gasteiger partial charge in [-0.1, -0.05) is 32.6 Å². The highest BCUT2D eigenvalue weighted by Gasteiger charge is 2.35. The fourth-order valence-electron chi connectivity index (χ4n) is 3.35. The van der Waals surface area contributed by atoms with Gasteiger partial charge in [0.05, 0.1) is 0 Å². The molecule has 2 atom stereocenters. The van der Waals surface area contributed by atoms with Crippen LogP contribution in [-0.2, 0) is 4.79 Å². The van der Waals surface area contributed by atoms with Crippen LogP contribution in [0.5, 0.6) is 0 Å². The van der Waals surface area contributed by atoms with Gasteiger partial charge in [0.1, 0.15) is 0 Å². The van der Waals surface area contributed by atoms with Crippen LogP contribution in [0.3, 0.4) is 0 Å². The number of carbonyl (C=O) groups excluding carboxylic acids is 1. The summed E-state index contributed by atoms with van der Waals surface area (Å²) >= 11 is 0. The number of rotatable bonds is 3. The summed E-state index contributed by atoms with van der Waals surface area (Å²) in [5.41, 5.74) is -0.110. The Labute approximate surface area is 111 Å². The molecule has 1 amide bonds. The van der Waals surface area contributed by atoms with E-state index in [0.717, 1.165) is 19.4 Å². The third-order valence-electron chi connectivity index (χ3n) is 4.82. The molecule has 3 nitrogen and oxygen atoms in total. The highest BCUT2D eigenvalue weighted by atomic mass is 16.2. The van der Waals surface area contributed by atoms with Crippen LogP contribution in [-0.4, -0.2) is 24.5 Å². The van der Waals surface area contributed by atoms with Crippen LogP contribution in [0.25, 0.3) is 0 Å². The second-order valence-corrected chi connectivity index (χ2v) is 6.44. The topological polar surface area (TPSA) is 41.1 Å². The largest absolute Gasteiger partial charge is 0.352 e. The molecular formula is C15H28N2O. The Morgan fingerprint density at radius 2 is 1.94 bits per heavy atom. The molecule has 3 heteroatoms. The van der Waals surface area contributed by atoms with E-state index in [1.54, 1.807) is 0 Å². The van der Waals surface area contributed by atoms with Gasteiger partial charge in [0.25, 0.3) is 0 Å². The molecule has 2 unspecified atom stereocenters. The molecule has 2 rings (SSSR count). The van der Waals surface area contributed by atoms with Gasteiger partial charge in [-0.3, -0.25) is 4.79 Å². The van der Waals surface area contributed by atoms with Crippen molar-refractivity contribution in [3.05, 3.63) is 0 Å². The molecule has 1 aliphatic carbocycles. The second-order valence-electron chi connectivity index (χ2n) is 6.44. The second kappa shape index (κ2) is 6.05. The van der Waals surface area contributed by atoms with Crippen LogP contribution in [0.4, 0.5) is 0 Å². The molecular weight excluding hydrogens is 224 g/mol. The van der Waals surface area contributed by atoms with Gasteiger partial charge in [0.15, 0.2) is 0 Å². The minimum atomic E-state index is -0.110. The number of hydrogen-bond acceptors (Lipinski definition) is 2. The Kier molecular flexibility index (Phi) is 4.66. The summed E-state index contributed by atoms with van der Waals surface area (Å²) < 4.78 is 0. The Balaban J connectivity index is 1.85. The molecule has 1 heterocycles. The van der Waals surface area contributed by atoms with E-state index in [1.165, 1.54) is 38.5 Å². The molecule has 2 N–H and O–H groups in total. The van der Waals surface area contributed by atoms with Crippen molar-refractivity contribution in [2.45, 2.75) is 77.3 Å². The van der Waals surface area contributed by atoms with Gasteiger partial charge in [-0.05, 0) is 39.2 Å². The van der Waals surface area contributed by atoms with E-state index < -0.39 is 0 Å². The maximum Gasteiger partial charge on any atom is 0.226 e. The van der Waals surface area contributed by atoms with Crippen LogP contribution in [0.15, 0.2) is 0 Å². The van der Waals surface area contributed by atoms with Gasteiger partial charge < -0.3 is 10.6 Å². The van der Waals surface area contributed by atoms with Crippen molar-refractivity contribution in [3.63, 3.8) is 0 Å². The van der Waals surface area contributed by atoms with E-state index >= 15 is 0 Å². The zero-order chi connectivity index (χ0) is 13.0. The summed E-state index contributed by atoms with van der Waals surface area (Å²) in [7, 11) is 0. The summed E-state index contributed by atoms with van der Waals surface area (Å²) in [5, 5.41) is 6.78. The molecule has 1 saturated heterocycles. The van der Waals surface area contributed by atoms with Gasteiger partial charge >= 0.3 is 0 Å². The first kappa shape index (κ1) is 13.9. The van der Waals surface area contributed by atoms with E-state index in [1.807, 2.05) is 0 Å². The lowest BCUT2D eigenvalue weighted by molar-refractivity contribution is -0.132. The molecule has 0 aromatic carbocycles. The van der Waals surface area contributed by atoms with Crippen molar-refractivity contribution in [1.29, 1.82) is 0 Å². The fraction of sp³-hybridized carbons (Fsp3) is 0.933. The highest BCUT2D eigenvalue weighted by Crippen LogP contribution is 2.36. The molecule has 104 valence electrons. The lowest BCUT2D eigenvalue weighted by Gasteiger charge is -2.36. The van der Waals surface area contributed by atoms with Crippen molar-refractivity contribution in [1.82, 2.24) is 10.6 Å². The van der Waals surface area contributed by atoms with Crippen LogP contribution in [0.1, 0.15) is 65.2 Å². The van der Waals surface area contributed by atoms with E-state index in [9.17, 15) is 4.79 Å². The lowest BCUT2D eigenvalue weighted by Crippen LogP contribution is -2.53. The number of nitrogens with one attached hydrogen (secondary N) is 2. The summed E-state index contributed by atoms with van der Waals surface area (Å²) in [5.74, 6) is 0.280. The Morgan fingerprint density at radius 1 is 1.22 bits per heavy atom. The highest BCUT2D eigenvalue weighted by molar-refractivity contribution is 5.82. The van der Waals surface area contributed by atoms with Crippen molar-refractivity contribution in [2.24, 2.45) is 5.41 Å². The van der Waals surface area contributed by atoms with Crippen LogP contribution < -0.4 is 10.6 Å². The number of amides is 1. The third kappa shape index (κ3) is 3.25. The molecule has 2 aliphatic rings.